The van der Waals surface area contributed by atoms with Crippen molar-refractivity contribution in [2.75, 3.05) is 26.2 Å². The molecule has 0 aliphatic heterocycles. The maximum atomic E-state index is 11.7. The molecule has 1 aromatic carbocycles. The largest absolute Gasteiger partial charge is 0.353 e. The molecule has 0 aliphatic rings. The van der Waals surface area contributed by atoms with Crippen LogP contribution >= 0.6 is 24.0 Å². The summed E-state index contributed by atoms with van der Waals surface area (Å²) < 4.78 is 0. The molecule has 0 radical (unpaired) electrons. The van der Waals surface area contributed by atoms with Gasteiger partial charge in [0.15, 0.2) is 0 Å². The molecule has 0 saturated heterocycles. The molecule has 118 valence electrons. The number of carbonyl (C=O) groups excluding carboxylic acids is 1. The van der Waals surface area contributed by atoms with Crippen LogP contribution in [0.2, 0.25) is 5.02 Å². The summed E-state index contributed by atoms with van der Waals surface area (Å²) in [4.78, 5) is 14.0. The predicted molar refractivity (Wildman–Crippen MR) is 93.1 cm³/mol. The average molecular weight is 331 g/mol. The minimum atomic E-state index is -0.0792. The van der Waals surface area contributed by atoms with Gasteiger partial charge in [0.25, 0.3) is 0 Å². The van der Waals surface area contributed by atoms with Gasteiger partial charge in [0.1, 0.15) is 0 Å². The van der Waals surface area contributed by atoms with E-state index >= 15 is 0 Å². The Morgan fingerprint density at radius 1 is 1.29 bits per heavy atom. The summed E-state index contributed by atoms with van der Waals surface area (Å²) in [7, 11) is 0. The van der Waals surface area contributed by atoms with Crippen molar-refractivity contribution in [3.63, 3.8) is 0 Å². The molecule has 0 bridgehead atoms. The van der Waals surface area contributed by atoms with Crippen molar-refractivity contribution in [1.29, 1.82) is 0 Å². The van der Waals surface area contributed by atoms with Gasteiger partial charge in [-0.2, -0.15) is 0 Å². The fourth-order valence-corrected chi connectivity index (χ4v) is 2.09. The number of carbonyl (C=O) groups is 1. The number of halogens is 2. The summed E-state index contributed by atoms with van der Waals surface area (Å²) in [6.07, 6.45) is 4.23. The molecule has 5 heteroatoms. The lowest BCUT2D eigenvalue weighted by atomic mass is 10.2. The van der Waals surface area contributed by atoms with E-state index in [-0.39, 0.29) is 18.3 Å². The van der Waals surface area contributed by atoms with E-state index in [1.54, 1.807) is 6.08 Å². The lowest BCUT2D eigenvalue weighted by Crippen LogP contribution is -2.29. The van der Waals surface area contributed by atoms with Gasteiger partial charge in [-0.15, -0.1) is 12.4 Å². The van der Waals surface area contributed by atoms with Crippen molar-refractivity contribution in [1.82, 2.24) is 10.2 Å². The summed E-state index contributed by atoms with van der Waals surface area (Å²) in [6.45, 7) is 8.11. The first-order valence-electron chi connectivity index (χ1n) is 7.10. The third kappa shape index (κ3) is 8.10. The number of rotatable bonds is 8. The van der Waals surface area contributed by atoms with Gasteiger partial charge in [0.05, 0.1) is 0 Å². The van der Waals surface area contributed by atoms with E-state index in [2.05, 4.69) is 24.1 Å². The highest BCUT2D eigenvalue weighted by atomic mass is 35.5. The van der Waals surface area contributed by atoms with Crippen LogP contribution in [0.3, 0.4) is 0 Å². The molecular weight excluding hydrogens is 307 g/mol. The third-order valence-electron chi connectivity index (χ3n) is 3.16. The zero-order chi connectivity index (χ0) is 14.8. The van der Waals surface area contributed by atoms with Gasteiger partial charge in [-0.05, 0) is 43.8 Å². The van der Waals surface area contributed by atoms with Gasteiger partial charge < -0.3 is 10.2 Å². The molecular formula is C16H24Cl2N2O. The second kappa shape index (κ2) is 11.6. The molecule has 0 spiro atoms. The summed E-state index contributed by atoms with van der Waals surface area (Å²) >= 11 is 6.01. The Labute approximate surface area is 138 Å². The monoisotopic (exact) mass is 330 g/mol. The van der Waals surface area contributed by atoms with E-state index in [1.165, 1.54) is 6.08 Å². The molecule has 1 amide bonds. The number of amides is 1. The van der Waals surface area contributed by atoms with Gasteiger partial charge in [0, 0.05) is 17.6 Å². The molecule has 1 rings (SSSR count). The highest BCUT2D eigenvalue weighted by molar-refractivity contribution is 6.32. The Hall–Kier alpha value is -1.03. The molecule has 0 fully saturated rings. The van der Waals surface area contributed by atoms with Crippen LogP contribution in [0.15, 0.2) is 30.3 Å². The summed E-state index contributed by atoms with van der Waals surface area (Å²) in [5, 5.41) is 3.53. The fraction of sp³-hybridized carbons (Fsp3) is 0.438. The smallest absolute Gasteiger partial charge is 0.244 e. The third-order valence-corrected chi connectivity index (χ3v) is 3.51. The van der Waals surface area contributed by atoms with Gasteiger partial charge in [-0.3, -0.25) is 4.79 Å². The molecule has 0 saturated carbocycles. The van der Waals surface area contributed by atoms with Crippen LogP contribution in [0.25, 0.3) is 6.08 Å². The second-order valence-corrected chi connectivity index (χ2v) is 4.93. The summed E-state index contributed by atoms with van der Waals surface area (Å²) in [5.74, 6) is -0.0792. The van der Waals surface area contributed by atoms with Crippen molar-refractivity contribution in [2.24, 2.45) is 0 Å². The molecule has 0 atom stereocenters. The lowest BCUT2D eigenvalue weighted by molar-refractivity contribution is -0.116. The zero-order valence-corrected chi connectivity index (χ0v) is 14.2. The normalized spacial score (nSPS) is 10.7. The summed E-state index contributed by atoms with van der Waals surface area (Å²) in [5.41, 5.74) is 0.854. The maximum absolute atomic E-state index is 11.7. The van der Waals surface area contributed by atoms with Crippen LogP contribution in [0, 0.1) is 0 Å². The molecule has 1 aromatic rings. The van der Waals surface area contributed by atoms with E-state index in [9.17, 15) is 4.79 Å². The predicted octanol–water partition coefficient (Wildman–Crippen LogP) is 3.62. The zero-order valence-electron chi connectivity index (χ0n) is 12.6. The number of nitrogens with zero attached hydrogens (tertiary/aromatic N) is 1. The SMILES string of the molecule is CCN(CC)CCCNC(=O)/C=C/c1ccccc1Cl.Cl. The molecule has 21 heavy (non-hydrogen) atoms. The van der Waals surface area contributed by atoms with E-state index in [4.69, 9.17) is 11.6 Å². The second-order valence-electron chi connectivity index (χ2n) is 4.53. The Balaban J connectivity index is 0.00000400. The summed E-state index contributed by atoms with van der Waals surface area (Å²) in [6, 6.07) is 7.45. The quantitative estimate of drug-likeness (QED) is 0.583. The van der Waals surface area contributed by atoms with E-state index in [0.29, 0.717) is 11.6 Å². The van der Waals surface area contributed by atoms with Gasteiger partial charge in [-0.1, -0.05) is 43.6 Å². The number of hydrogen-bond acceptors (Lipinski definition) is 2. The van der Waals surface area contributed by atoms with Crippen LogP contribution in [0.1, 0.15) is 25.8 Å². The van der Waals surface area contributed by atoms with Gasteiger partial charge in [-0.25, -0.2) is 0 Å². The first-order chi connectivity index (χ1) is 9.67. The number of benzene rings is 1. The van der Waals surface area contributed by atoms with E-state index < -0.39 is 0 Å². The van der Waals surface area contributed by atoms with Gasteiger partial charge >= 0.3 is 0 Å². The van der Waals surface area contributed by atoms with Crippen LogP contribution in [0.5, 0.6) is 0 Å². The average Bonchev–Trinajstić information content (AvgIpc) is 2.46. The van der Waals surface area contributed by atoms with Gasteiger partial charge in [0.2, 0.25) is 5.91 Å². The van der Waals surface area contributed by atoms with Crippen LogP contribution in [-0.2, 0) is 4.79 Å². The Bertz CT molecular complexity index is 446. The standard InChI is InChI=1S/C16H23ClN2O.ClH/c1-3-19(4-2)13-7-12-18-16(20)11-10-14-8-5-6-9-15(14)17;/h5-6,8-11H,3-4,7,12-13H2,1-2H3,(H,18,20);1H/b11-10+;. The van der Waals surface area contributed by atoms with Crippen molar-refractivity contribution >= 4 is 36.0 Å². The first-order valence-corrected chi connectivity index (χ1v) is 7.48. The van der Waals surface area contributed by atoms with E-state index in [0.717, 1.165) is 31.6 Å². The molecule has 0 aromatic heterocycles. The van der Waals surface area contributed by atoms with Crippen LogP contribution in [0.4, 0.5) is 0 Å². The minimum absolute atomic E-state index is 0. The van der Waals surface area contributed by atoms with Crippen molar-refractivity contribution in [2.45, 2.75) is 20.3 Å². The van der Waals surface area contributed by atoms with Crippen LogP contribution < -0.4 is 5.32 Å². The Morgan fingerprint density at radius 3 is 2.57 bits per heavy atom. The highest BCUT2D eigenvalue weighted by Crippen LogP contribution is 2.15. The highest BCUT2D eigenvalue weighted by Gasteiger charge is 2.00. The minimum Gasteiger partial charge on any atom is -0.353 e. The maximum Gasteiger partial charge on any atom is 0.244 e. The molecule has 0 heterocycles. The van der Waals surface area contributed by atoms with Crippen molar-refractivity contribution < 1.29 is 4.79 Å². The fourth-order valence-electron chi connectivity index (χ4n) is 1.89. The topological polar surface area (TPSA) is 32.3 Å². The Kier molecular flexibility index (Phi) is 11.0. The number of nitrogens with one attached hydrogen (secondary N) is 1. The van der Waals surface area contributed by atoms with Crippen molar-refractivity contribution in [3.05, 3.63) is 40.9 Å². The Morgan fingerprint density at radius 2 is 1.95 bits per heavy atom. The first kappa shape index (κ1) is 20.0. The van der Waals surface area contributed by atoms with E-state index in [1.807, 2.05) is 24.3 Å². The lowest BCUT2D eigenvalue weighted by Gasteiger charge is -2.17. The molecule has 1 N–H and O–H groups in total. The molecule has 0 aliphatic carbocycles. The van der Waals surface area contributed by atoms with Crippen LogP contribution in [-0.4, -0.2) is 37.0 Å². The molecule has 0 unspecified atom stereocenters. The van der Waals surface area contributed by atoms with Crippen molar-refractivity contribution in [3.8, 4) is 0 Å². The molecule has 3 nitrogen and oxygen atoms in total. The number of hydrogen-bond donors (Lipinski definition) is 1.